The van der Waals surface area contributed by atoms with Crippen LogP contribution in [-0.4, -0.2) is 11.5 Å². The van der Waals surface area contributed by atoms with E-state index < -0.39 is 7.82 Å². The lowest BCUT2D eigenvalue weighted by Crippen LogP contribution is -2.01. The second-order valence-electron chi connectivity index (χ2n) is 6.00. The summed E-state index contributed by atoms with van der Waals surface area (Å²) in [6, 6.07) is 0. The summed E-state index contributed by atoms with van der Waals surface area (Å²) in [6.45, 7) is 2.48. The molecule has 1 radical (unpaired) electrons. The summed E-state index contributed by atoms with van der Waals surface area (Å²) >= 11 is 0. The third kappa shape index (κ3) is 16.4. The summed E-state index contributed by atoms with van der Waals surface area (Å²) in [4.78, 5) is 8.91. The Balaban J connectivity index is 3.07. The van der Waals surface area contributed by atoms with E-state index in [2.05, 4.69) is 22.0 Å². The lowest BCUT2D eigenvalue weighted by Gasteiger charge is -2.02. The van der Waals surface area contributed by atoms with Gasteiger partial charge >= 0.3 is 7.82 Å². The predicted octanol–water partition coefficient (Wildman–Crippen LogP) is 5.48. The van der Waals surface area contributed by atoms with Gasteiger partial charge in [0.15, 0.2) is 0 Å². The van der Waals surface area contributed by atoms with Crippen molar-refractivity contribution in [3.05, 3.63) is 0 Å². The van der Waals surface area contributed by atoms with Crippen LogP contribution in [0, 0.1) is 0 Å². The zero-order valence-corrected chi connectivity index (χ0v) is 15.2. The van der Waals surface area contributed by atoms with E-state index in [1.165, 1.54) is 70.6 Å². The number of nitrogens with two attached hydrogens (primary N) is 1. The van der Waals surface area contributed by atoms with Gasteiger partial charge in [0.1, 0.15) is 0 Å². The predicted molar refractivity (Wildman–Crippen MR) is 91.4 cm³/mol. The van der Waals surface area contributed by atoms with Crippen molar-refractivity contribution in [2.24, 2.45) is 5.90 Å². The summed E-state index contributed by atoms with van der Waals surface area (Å²) < 4.78 is 19.4. The van der Waals surface area contributed by atoms with Gasteiger partial charge in [-0.3, -0.25) is 4.89 Å². The molecule has 0 fully saturated rings. The van der Waals surface area contributed by atoms with E-state index >= 15 is 0 Å². The molecule has 6 heteroatoms. The summed E-state index contributed by atoms with van der Waals surface area (Å²) in [6.07, 6.45) is 17.9. The monoisotopic (exact) mass is 337 g/mol. The number of hydrogen-bond donors (Lipinski definition) is 2. The van der Waals surface area contributed by atoms with Crippen LogP contribution in [0.5, 0.6) is 0 Å². The fraction of sp³-hybridized carbons (Fsp3) is 1.00. The first-order valence-corrected chi connectivity index (χ1v) is 10.5. The molecule has 0 aromatic rings. The Labute approximate surface area is 136 Å². The molecule has 133 valence electrons. The molecule has 1 unspecified atom stereocenters. The third-order valence-corrected chi connectivity index (χ3v) is 4.66. The van der Waals surface area contributed by atoms with Crippen LogP contribution in [0.2, 0.25) is 0 Å². The molecule has 0 aliphatic rings. The summed E-state index contributed by atoms with van der Waals surface area (Å²) in [5.74, 6) is 4.63. The number of rotatable bonds is 17. The second-order valence-corrected chi connectivity index (χ2v) is 7.41. The molecular formula is C16H36NO4P+. The SMILES string of the molecule is CCCCCCCCCCCCCCCC[O+]P(=O)(O)ON. The number of unbranched alkanes of at least 4 members (excludes halogenated alkanes) is 13. The molecule has 0 amide bonds. The number of phosphoric ester groups is 1. The van der Waals surface area contributed by atoms with E-state index in [4.69, 9.17) is 4.89 Å². The molecule has 3 N–H and O–H groups in total. The third-order valence-electron chi connectivity index (χ3n) is 3.89. The molecule has 0 saturated carbocycles. The minimum Gasteiger partial charge on any atom is -0.255 e. The molecule has 0 aromatic carbocycles. The lowest BCUT2D eigenvalue weighted by molar-refractivity contribution is 0.149. The topological polar surface area (TPSA) is 83.8 Å². The highest BCUT2D eigenvalue weighted by Gasteiger charge is 2.35. The maximum Gasteiger partial charge on any atom is 0.723 e. The molecule has 0 aliphatic carbocycles. The molecular weight excluding hydrogens is 301 g/mol. The second kappa shape index (κ2) is 15.9. The molecule has 0 spiro atoms. The van der Waals surface area contributed by atoms with Crippen molar-refractivity contribution < 1.29 is 18.6 Å². The van der Waals surface area contributed by atoms with Gasteiger partial charge in [0.05, 0.1) is 0 Å². The van der Waals surface area contributed by atoms with Crippen LogP contribution >= 0.6 is 7.82 Å². The average molecular weight is 337 g/mol. The molecule has 0 heterocycles. The van der Waals surface area contributed by atoms with Gasteiger partial charge in [-0.1, -0.05) is 88.5 Å². The fourth-order valence-corrected chi connectivity index (χ4v) is 2.93. The van der Waals surface area contributed by atoms with E-state index in [-0.39, 0.29) is 6.61 Å². The average Bonchev–Trinajstić information content (AvgIpc) is 2.51. The quantitative estimate of drug-likeness (QED) is 0.159. The Morgan fingerprint density at radius 1 is 0.818 bits per heavy atom. The first kappa shape index (κ1) is 22.1. The highest BCUT2D eigenvalue weighted by molar-refractivity contribution is 7.47. The van der Waals surface area contributed by atoms with E-state index in [1.807, 2.05) is 0 Å². The van der Waals surface area contributed by atoms with Gasteiger partial charge in [0.25, 0.3) is 0 Å². The van der Waals surface area contributed by atoms with Gasteiger partial charge in [-0.2, -0.15) is 9.19 Å². The maximum absolute atomic E-state index is 10.9. The Morgan fingerprint density at radius 3 is 1.55 bits per heavy atom. The van der Waals surface area contributed by atoms with E-state index in [0.717, 1.165) is 19.3 Å². The number of hydrogen-bond acceptors (Lipinski definition) is 4. The maximum atomic E-state index is 10.9. The Bertz CT molecular complexity index is 277. The van der Waals surface area contributed by atoms with Gasteiger partial charge in [0.2, 0.25) is 6.61 Å². The van der Waals surface area contributed by atoms with Crippen LogP contribution in [0.25, 0.3) is 0 Å². The number of phosphoric acid groups is 1. The smallest absolute Gasteiger partial charge is 0.255 e. The highest BCUT2D eigenvalue weighted by atomic mass is 31.2. The van der Waals surface area contributed by atoms with Crippen LogP contribution in [-0.2, 0) is 13.7 Å². The van der Waals surface area contributed by atoms with Gasteiger partial charge in [-0.05, 0) is 6.42 Å². The zero-order valence-electron chi connectivity index (χ0n) is 14.3. The van der Waals surface area contributed by atoms with Crippen LogP contribution in [0.4, 0.5) is 0 Å². The minimum absolute atomic E-state index is 0.225. The normalized spacial score (nSPS) is 14.1. The Morgan fingerprint density at radius 2 is 1.18 bits per heavy atom. The zero-order chi connectivity index (χ0) is 16.5. The lowest BCUT2D eigenvalue weighted by atomic mass is 10.0. The molecule has 5 nitrogen and oxygen atoms in total. The summed E-state index contributed by atoms with van der Waals surface area (Å²) in [5.41, 5.74) is 0. The standard InChI is InChI=1S/C16H36NO4P/c1-2-3-4-5-6-7-8-9-10-11-12-13-14-15-16-20-22(18,19)21-17/h2-17H2,1H3,(H,18,19)/q+1. The Kier molecular flexibility index (Phi) is 16.0. The van der Waals surface area contributed by atoms with Crippen LogP contribution in [0.15, 0.2) is 0 Å². The Hall–Kier alpha value is 0.0700. The van der Waals surface area contributed by atoms with Crippen molar-refractivity contribution in [1.29, 1.82) is 0 Å². The largest absolute Gasteiger partial charge is 0.723 e. The fourth-order valence-electron chi connectivity index (χ4n) is 2.51. The van der Waals surface area contributed by atoms with Crippen molar-refractivity contribution in [3.63, 3.8) is 0 Å². The first-order chi connectivity index (χ1) is 10.6. The van der Waals surface area contributed by atoms with Gasteiger partial charge in [-0.15, -0.1) is 0 Å². The molecule has 0 rings (SSSR count). The molecule has 0 aromatic heterocycles. The summed E-state index contributed by atoms with van der Waals surface area (Å²) in [7, 11) is -3.98. The highest BCUT2D eigenvalue weighted by Crippen LogP contribution is 2.40. The van der Waals surface area contributed by atoms with Crippen LogP contribution in [0.1, 0.15) is 96.8 Å². The van der Waals surface area contributed by atoms with Crippen molar-refractivity contribution in [2.45, 2.75) is 96.8 Å². The van der Waals surface area contributed by atoms with Gasteiger partial charge < -0.3 is 0 Å². The van der Waals surface area contributed by atoms with Crippen LogP contribution < -0.4 is 5.90 Å². The van der Waals surface area contributed by atoms with Crippen molar-refractivity contribution in [2.75, 3.05) is 6.61 Å². The van der Waals surface area contributed by atoms with Crippen molar-refractivity contribution >= 4 is 7.82 Å². The van der Waals surface area contributed by atoms with Crippen LogP contribution in [0.3, 0.4) is 0 Å². The van der Waals surface area contributed by atoms with Crippen molar-refractivity contribution in [3.8, 4) is 0 Å². The van der Waals surface area contributed by atoms with Gasteiger partial charge in [-0.25, -0.2) is 5.90 Å². The van der Waals surface area contributed by atoms with Gasteiger partial charge in [0, 0.05) is 6.42 Å². The molecule has 1 atom stereocenters. The summed E-state index contributed by atoms with van der Waals surface area (Å²) in [5, 5.41) is 0. The molecule has 0 bridgehead atoms. The molecule has 0 saturated heterocycles. The molecule has 0 aliphatic heterocycles. The minimum atomic E-state index is -3.98. The first-order valence-electron chi connectivity index (χ1n) is 8.98. The van der Waals surface area contributed by atoms with E-state index in [1.54, 1.807) is 0 Å². The van der Waals surface area contributed by atoms with Crippen molar-refractivity contribution in [1.82, 2.24) is 0 Å². The van der Waals surface area contributed by atoms with E-state index in [0.29, 0.717) is 0 Å². The van der Waals surface area contributed by atoms with E-state index in [9.17, 15) is 4.57 Å². The molecule has 22 heavy (non-hydrogen) atoms.